The van der Waals surface area contributed by atoms with Gasteiger partial charge in [-0.25, -0.2) is 0 Å². The zero-order valence-electron chi connectivity index (χ0n) is 10.8. The van der Waals surface area contributed by atoms with Crippen molar-refractivity contribution in [3.63, 3.8) is 0 Å². The van der Waals surface area contributed by atoms with Gasteiger partial charge in [-0.05, 0) is 31.0 Å². The Morgan fingerprint density at radius 3 is 2.95 bits per heavy atom. The molecule has 0 radical (unpaired) electrons. The van der Waals surface area contributed by atoms with E-state index in [0.29, 0.717) is 12.7 Å². The van der Waals surface area contributed by atoms with E-state index in [1.807, 2.05) is 24.3 Å². The van der Waals surface area contributed by atoms with E-state index >= 15 is 0 Å². The van der Waals surface area contributed by atoms with E-state index in [-0.39, 0.29) is 0 Å². The maximum atomic E-state index is 5.97. The van der Waals surface area contributed by atoms with Gasteiger partial charge in [0.1, 0.15) is 0 Å². The number of benzene rings is 1. The standard InChI is InChI=1S/C15H18N2O2/c16-14-4-3-11(15-13(14)2-1-7-17-15)10-19-12-5-8-18-9-6-12/h1-4,7,12H,5-6,8-10,16H2. The van der Waals surface area contributed by atoms with Crippen LogP contribution in [0.2, 0.25) is 0 Å². The van der Waals surface area contributed by atoms with Crippen LogP contribution in [0.15, 0.2) is 30.5 Å². The largest absolute Gasteiger partial charge is 0.398 e. The molecule has 0 spiro atoms. The van der Waals surface area contributed by atoms with Gasteiger partial charge >= 0.3 is 0 Å². The van der Waals surface area contributed by atoms with Crippen LogP contribution in [0.25, 0.3) is 10.9 Å². The van der Waals surface area contributed by atoms with E-state index in [0.717, 1.165) is 48.2 Å². The van der Waals surface area contributed by atoms with Crippen LogP contribution in [-0.2, 0) is 16.1 Å². The summed E-state index contributed by atoms with van der Waals surface area (Å²) in [5.41, 5.74) is 8.76. The normalized spacial score (nSPS) is 16.8. The summed E-state index contributed by atoms with van der Waals surface area (Å²) in [6.07, 6.45) is 4.03. The number of nitrogen functional groups attached to an aromatic ring is 1. The van der Waals surface area contributed by atoms with Gasteiger partial charge in [0.05, 0.1) is 18.2 Å². The lowest BCUT2D eigenvalue weighted by Crippen LogP contribution is -2.23. The Morgan fingerprint density at radius 2 is 2.11 bits per heavy atom. The molecule has 2 aromatic rings. The SMILES string of the molecule is Nc1ccc(COC2CCOCC2)c2ncccc12. The first-order valence-corrected chi connectivity index (χ1v) is 6.66. The predicted molar refractivity (Wildman–Crippen MR) is 74.8 cm³/mol. The van der Waals surface area contributed by atoms with Crippen LogP contribution in [0.5, 0.6) is 0 Å². The molecular formula is C15H18N2O2. The molecule has 1 fully saturated rings. The summed E-state index contributed by atoms with van der Waals surface area (Å²) in [5, 5.41) is 0.996. The fraction of sp³-hybridized carbons (Fsp3) is 0.400. The molecule has 1 aliphatic heterocycles. The van der Waals surface area contributed by atoms with Gasteiger partial charge in [0, 0.05) is 36.0 Å². The molecule has 1 aliphatic rings. The second-order valence-corrected chi connectivity index (χ2v) is 4.84. The third-order valence-electron chi connectivity index (χ3n) is 3.53. The second-order valence-electron chi connectivity index (χ2n) is 4.84. The highest BCUT2D eigenvalue weighted by Gasteiger charge is 2.15. The lowest BCUT2D eigenvalue weighted by Gasteiger charge is -2.22. The number of nitrogens with two attached hydrogens (primary N) is 1. The number of aromatic nitrogens is 1. The van der Waals surface area contributed by atoms with Crippen molar-refractivity contribution < 1.29 is 9.47 Å². The summed E-state index contributed by atoms with van der Waals surface area (Å²) in [6, 6.07) is 7.83. The summed E-state index contributed by atoms with van der Waals surface area (Å²) < 4.78 is 11.3. The number of fused-ring (bicyclic) bond motifs is 1. The lowest BCUT2D eigenvalue weighted by molar-refractivity contribution is -0.0387. The summed E-state index contributed by atoms with van der Waals surface area (Å²) >= 11 is 0. The van der Waals surface area contributed by atoms with Crippen LogP contribution in [0, 0.1) is 0 Å². The molecule has 100 valence electrons. The Kier molecular flexibility index (Phi) is 3.62. The highest BCUT2D eigenvalue weighted by molar-refractivity contribution is 5.92. The number of pyridine rings is 1. The third kappa shape index (κ3) is 2.69. The smallest absolute Gasteiger partial charge is 0.0777 e. The van der Waals surface area contributed by atoms with Gasteiger partial charge in [-0.1, -0.05) is 6.07 Å². The Balaban J connectivity index is 1.79. The van der Waals surface area contributed by atoms with Gasteiger partial charge in [0.2, 0.25) is 0 Å². The molecule has 0 aliphatic carbocycles. The second kappa shape index (κ2) is 5.55. The lowest BCUT2D eigenvalue weighted by atomic mass is 10.1. The molecule has 0 atom stereocenters. The number of anilines is 1. The van der Waals surface area contributed by atoms with Crippen molar-refractivity contribution in [2.75, 3.05) is 18.9 Å². The van der Waals surface area contributed by atoms with E-state index < -0.39 is 0 Å². The van der Waals surface area contributed by atoms with Gasteiger partial charge in [-0.3, -0.25) is 4.98 Å². The highest BCUT2D eigenvalue weighted by atomic mass is 16.5. The first kappa shape index (κ1) is 12.4. The van der Waals surface area contributed by atoms with E-state index in [4.69, 9.17) is 15.2 Å². The van der Waals surface area contributed by atoms with E-state index in [1.54, 1.807) is 6.20 Å². The molecular weight excluding hydrogens is 240 g/mol. The van der Waals surface area contributed by atoms with Crippen molar-refractivity contribution in [3.05, 3.63) is 36.0 Å². The van der Waals surface area contributed by atoms with Crippen LogP contribution in [-0.4, -0.2) is 24.3 Å². The molecule has 19 heavy (non-hydrogen) atoms. The maximum absolute atomic E-state index is 5.97. The van der Waals surface area contributed by atoms with Gasteiger partial charge in [-0.15, -0.1) is 0 Å². The van der Waals surface area contributed by atoms with Crippen LogP contribution in [0.4, 0.5) is 5.69 Å². The van der Waals surface area contributed by atoms with Crippen molar-refractivity contribution in [3.8, 4) is 0 Å². The number of rotatable bonds is 3. The summed E-state index contributed by atoms with van der Waals surface area (Å²) in [5.74, 6) is 0. The quantitative estimate of drug-likeness (QED) is 0.859. The highest BCUT2D eigenvalue weighted by Crippen LogP contribution is 2.24. The van der Waals surface area contributed by atoms with Gasteiger partial charge in [0.25, 0.3) is 0 Å². The molecule has 0 saturated carbocycles. The summed E-state index contributed by atoms with van der Waals surface area (Å²) in [7, 11) is 0. The maximum Gasteiger partial charge on any atom is 0.0777 e. The summed E-state index contributed by atoms with van der Waals surface area (Å²) in [4.78, 5) is 4.42. The molecule has 4 heteroatoms. The number of nitrogens with zero attached hydrogens (tertiary/aromatic N) is 1. The Bertz CT molecular complexity index is 565. The van der Waals surface area contributed by atoms with Crippen LogP contribution < -0.4 is 5.73 Å². The van der Waals surface area contributed by atoms with E-state index in [1.165, 1.54) is 0 Å². The minimum atomic E-state index is 0.296. The number of hydrogen-bond donors (Lipinski definition) is 1. The minimum absolute atomic E-state index is 0.296. The predicted octanol–water partition coefficient (Wildman–Crippen LogP) is 2.51. The first-order chi connectivity index (χ1) is 9.34. The molecule has 1 saturated heterocycles. The van der Waals surface area contributed by atoms with Crippen LogP contribution >= 0.6 is 0 Å². The monoisotopic (exact) mass is 258 g/mol. The summed E-state index contributed by atoms with van der Waals surface area (Å²) in [6.45, 7) is 2.18. The number of ether oxygens (including phenoxy) is 2. The molecule has 2 heterocycles. The van der Waals surface area contributed by atoms with Crippen LogP contribution in [0.3, 0.4) is 0 Å². The molecule has 1 aromatic heterocycles. The Hall–Kier alpha value is -1.65. The zero-order chi connectivity index (χ0) is 13.1. The number of hydrogen-bond acceptors (Lipinski definition) is 4. The van der Waals surface area contributed by atoms with Crippen molar-refractivity contribution in [2.45, 2.75) is 25.6 Å². The average molecular weight is 258 g/mol. The topological polar surface area (TPSA) is 57.4 Å². The Labute approximate surface area is 112 Å². The van der Waals surface area contributed by atoms with E-state index in [2.05, 4.69) is 4.98 Å². The van der Waals surface area contributed by atoms with Crippen LogP contribution in [0.1, 0.15) is 18.4 Å². The molecule has 0 bridgehead atoms. The molecule has 4 nitrogen and oxygen atoms in total. The van der Waals surface area contributed by atoms with E-state index in [9.17, 15) is 0 Å². The average Bonchev–Trinajstić information content (AvgIpc) is 2.48. The molecule has 0 unspecified atom stereocenters. The van der Waals surface area contributed by atoms with Gasteiger partial charge < -0.3 is 15.2 Å². The van der Waals surface area contributed by atoms with Gasteiger partial charge in [0.15, 0.2) is 0 Å². The minimum Gasteiger partial charge on any atom is -0.398 e. The Morgan fingerprint density at radius 1 is 1.26 bits per heavy atom. The van der Waals surface area contributed by atoms with Gasteiger partial charge in [-0.2, -0.15) is 0 Å². The van der Waals surface area contributed by atoms with Crippen molar-refractivity contribution in [1.82, 2.24) is 4.98 Å². The molecule has 2 N–H and O–H groups in total. The van der Waals surface area contributed by atoms with Crippen molar-refractivity contribution >= 4 is 16.6 Å². The first-order valence-electron chi connectivity index (χ1n) is 6.66. The molecule has 0 amide bonds. The van der Waals surface area contributed by atoms with Crippen molar-refractivity contribution in [1.29, 1.82) is 0 Å². The fourth-order valence-electron chi connectivity index (χ4n) is 2.42. The molecule has 3 rings (SSSR count). The third-order valence-corrected chi connectivity index (χ3v) is 3.53. The fourth-order valence-corrected chi connectivity index (χ4v) is 2.42. The van der Waals surface area contributed by atoms with Crippen molar-refractivity contribution in [2.24, 2.45) is 0 Å². The zero-order valence-corrected chi connectivity index (χ0v) is 10.8. The molecule has 1 aromatic carbocycles.